The van der Waals surface area contributed by atoms with Gasteiger partial charge in [-0.3, -0.25) is 14.8 Å². The number of aromatic nitrogens is 1. The second kappa shape index (κ2) is 13.1. The largest absolute Gasteiger partial charge is 0.497 e. The van der Waals surface area contributed by atoms with E-state index in [0.29, 0.717) is 5.92 Å². The average molecular weight is 569 g/mol. The Bertz CT molecular complexity index is 829. The quantitative estimate of drug-likeness (QED) is 0.313. The maximum Gasteiger partial charge on any atom is 0.193 e. The predicted octanol–water partition coefficient (Wildman–Crippen LogP) is 2.91. The van der Waals surface area contributed by atoms with E-state index in [4.69, 9.17) is 9.26 Å². The van der Waals surface area contributed by atoms with E-state index in [0.717, 1.165) is 76.3 Å². The molecular weight excluding hydrogens is 531 g/mol. The Balaban J connectivity index is 0.00000306. The molecule has 1 N–H and O–H groups in total. The molecule has 0 aliphatic carbocycles. The van der Waals surface area contributed by atoms with Crippen molar-refractivity contribution in [3.8, 4) is 5.75 Å². The van der Waals surface area contributed by atoms with Crippen molar-refractivity contribution >= 4 is 29.9 Å². The van der Waals surface area contributed by atoms with E-state index >= 15 is 0 Å². The van der Waals surface area contributed by atoms with Crippen molar-refractivity contribution in [2.45, 2.75) is 25.9 Å². The number of nitrogens with zero attached hydrogens (tertiary/aromatic N) is 5. The van der Waals surface area contributed by atoms with Crippen LogP contribution in [0.2, 0.25) is 0 Å². The van der Waals surface area contributed by atoms with Crippen LogP contribution >= 0.6 is 24.0 Å². The fraction of sp³-hybridized carbons (Fsp3) is 0.583. The van der Waals surface area contributed by atoms with Crippen LogP contribution in [0, 0.1) is 5.92 Å². The van der Waals surface area contributed by atoms with Crippen molar-refractivity contribution in [1.29, 1.82) is 0 Å². The normalized spacial score (nSPS) is 18.7. The number of nitrogens with one attached hydrogen (secondary N) is 1. The van der Waals surface area contributed by atoms with Gasteiger partial charge in [0.2, 0.25) is 0 Å². The van der Waals surface area contributed by atoms with E-state index in [-0.39, 0.29) is 24.0 Å². The lowest BCUT2D eigenvalue weighted by atomic mass is 9.96. The Morgan fingerprint density at radius 3 is 2.33 bits per heavy atom. The molecule has 3 heterocycles. The van der Waals surface area contributed by atoms with E-state index in [9.17, 15) is 0 Å². The molecule has 2 aromatic rings. The molecule has 1 aromatic carbocycles. The van der Waals surface area contributed by atoms with Gasteiger partial charge in [0, 0.05) is 58.9 Å². The summed E-state index contributed by atoms with van der Waals surface area (Å²) < 4.78 is 10.2. The highest BCUT2D eigenvalue weighted by Crippen LogP contribution is 2.20. The zero-order valence-electron chi connectivity index (χ0n) is 19.8. The highest BCUT2D eigenvalue weighted by molar-refractivity contribution is 14.0. The van der Waals surface area contributed by atoms with E-state index in [1.54, 1.807) is 13.4 Å². The maximum absolute atomic E-state index is 5.26. The van der Waals surface area contributed by atoms with Gasteiger partial charge in [0.05, 0.1) is 12.8 Å². The van der Waals surface area contributed by atoms with Gasteiger partial charge in [-0.05, 0) is 49.5 Å². The smallest absolute Gasteiger partial charge is 0.193 e. The molecule has 2 aliphatic heterocycles. The molecule has 9 heteroatoms. The van der Waals surface area contributed by atoms with E-state index in [1.165, 1.54) is 18.4 Å². The second-order valence-corrected chi connectivity index (χ2v) is 8.75. The third-order valence-corrected chi connectivity index (χ3v) is 6.58. The van der Waals surface area contributed by atoms with E-state index in [2.05, 4.69) is 42.3 Å². The summed E-state index contributed by atoms with van der Waals surface area (Å²) in [4.78, 5) is 11.9. The number of likely N-dealkylation sites (tertiary alicyclic amines) is 1. The fourth-order valence-corrected chi connectivity index (χ4v) is 4.57. The lowest BCUT2D eigenvalue weighted by Crippen LogP contribution is -2.53. The van der Waals surface area contributed by atoms with Gasteiger partial charge in [-0.1, -0.05) is 17.3 Å². The summed E-state index contributed by atoms with van der Waals surface area (Å²) in [7, 11) is 3.60. The first-order valence-corrected chi connectivity index (χ1v) is 11.7. The lowest BCUT2D eigenvalue weighted by Gasteiger charge is -2.37. The van der Waals surface area contributed by atoms with Gasteiger partial charge in [-0.25, -0.2) is 0 Å². The molecule has 2 aliphatic rings. The van der Waals surface area contributed by atoms with Crippen LogP contribution in [0.3, 0.4) is 0 Å². The molecule has 33 heavy (non-hydrogen) atoms. The molecule has 0 unspecified atom stereocenters. The van der Waals surface area contributed by atoms with Crippen molar-refractivity contribution in [2.24, 2.45) is 10.9 Å². The Kier molecular flexibility index (Phi) is 10.3. The Hall–Kier alpha value is -1.85. The predicted molar refractivity (Wildman–Crippen MR) is 141 cm³/mol. The first-order chi connectivity index (χ1) is 15.7. The summed E-state index contributed by atoms with van der Waals surface area (Å²) in [6.07, 6.45) is 4.10. The highest BCUT2D eigenvalue weighted by atomic mass is 127. The average Bonchev–Trinajstić information content (AvgIpc) is 3.35. The number of ether oxygens (including phenoxy) is 1. The number of rotatable bonds is 7. The first-order valence-electron chi connectivity index (χ1n) is 11.7. The van der Waals surface area contributed by atoms with Crippen LogP contribution in [0.5, 0.6) is 5.75 Å². The first kappa shape index (κ1) is 25.8. The Labute approximate surface area is 214 Å². The molecule has 1 aromatic heterocycles. The summed E-state index contributed by atoms with van der Waals surface area (Å²) in [5, 5.41) is 7.67. The summed E-state index contributed by atoms with van der Waals surface area (Å²) in [6, 6.07) is 10.4. The van der Waals surface area contributed by atoms with Gasteiger partial charge in [0.15, 0.2) is 5.96 Å². The molecular formula is C24H37IN6O2. The third kappa shape index (κ3) is 7.58. The van der Waals surface area contributed by atoms with Gasteiger partial charge in [-0.15, -0.1) is 24.0 Å². The Morgan fingerprint density at radius 1 is 1.03 bits per heavy atom. The molecule has 0 saturated carbocycles. The van der Waals surface area contributed by atoms with Gasteiger partial charge in [0.1, 0.15) is 12.0 Å². The number of methoxy groups -OCH3 is 1. The molecule has 0 bridgehead atoms. The molecule has 2 fully saturated rings. The van der Waals surface area contributed by atoms with Crippen LogP contribution < -0.4 is 10.1 Å². The lowest BCUT2D eigenvalue weighted by molar-refractivity contribution is 0.164. The van der Waals surface area contributed by atoms with Crippen molar-refractivity contribution in [3.05, 3.63) is 47.9 Å². The Morgan fingerprint density at radius 2 is 1.73 bits per heavy atom. The number of halogens is 1. The summed E-state index contributed by atoms with van der Waals surface area (Å²) in [5.74, 6) is 2.65. The number of benzene rings is 1. The standard InChI is InChI=1S/C24H36N6O2.HI/c1-25-24(30-14-12-29(13-15-30)19-22-9-16-32-27-22)26-17-20-7-10-28(11-8-20)18-21-3-5-23(31-2)6-4-21;/h3-6,9,16,20H,7-8,10-15,17-19H2,1-2H3,(H,25,26);1H. The molecule has 0 atom stereocenters. The number of hydrogen-bond donors (Lipinski definition) is 1. The van der Waals surface area contributed by atoms with Crippen LogP contribution in [0.25, 0.3) is 0 Å². The second-order valence-electron chi connectivity index (χ2n) is 8.75. The topological polar surface area (TPSA) is 69.4 Å². The number of piperidine rings is 1. The van der Waals surface area contributed by atoms with Crippen LogP contribution in [-0.2, 0) is 13.1 Å². The fourth-order valence-electron chi connectivity index (χ4n) is 4.57. The maximum atomic E-state index is 5.26. The van der Waals surface area contributed by atoms with Crippen LogP contribution in [-0.4, -0.2) is 85.8 Å². The molecule has 8 nitrogen and oxygen atoms in total. The van der Waals surface area contributed by atoms with Crippen LogP contribution in [0.1, 0.15) is 24.1 Å². The van der Waals surface area contributed by atoms with Gasteiger partial charge in [0.25, 0.3) is 0 Å². The molecule has 0 amide bonds. The number of piperazine rings is 1. The minimum Gasteiger partial charge on any atom is -0.497 e. The molecule has 182 valence electrons. The van der Waals surface area contributed by atoms with Gasteiger partial charge in [-0.2, -0.15) is 0 Å². The monoisotopic (exact) mass is 568 g/mol. The SMILES string of the molecule is CN=C(NCC1CCN(Cc2ccc(OC)cc2)CC1)N1CCN(Cc2ccon2)CC1.I. The minimum absolute atomic E-state index is 0. The summed E-state index contributed by atoms with van der Waals surface area (Å²) >= 11 is 0. The summed E-state index contributed by atoms with van der Waals surface area (Å²) in [5.41, 5.74) is 2.35. The van der Waals surface area contributed by atoms with Crippen molar-refractivity contribution in [2.75, 3.05) is 60.0 Å². The molecule has 4 rings (SSSR count). The van der Waals surface area contributed by atoms with Gasteiger partial charge < -0.3 is 19.5 Å². The highest BCUT2D eigenvalue weighted by Gasteiger charge is 2.23. The third-order valence-electron chi connectivity index (χ3n) is 6.58. The molecule has 0 radical (unpaired) electrons. The van der Waals surface area contributed by atoms with Crippen LogP contribution in [0.4, 0.5) is 0 Å². The number of hydrogen-bond acceptors (Lipinski definition) is 6. The minimum atomic E-state index is 0. The van der Waals surface area contributed by atoms with Gasteiger partial charge >= 0.3 is 0 Å². The van der Waals surface area contributed by atoms with E-state index < -0.39 is 0 Å². The number of guanidine groups is 1. The van der Waals surface area contributed by atoms with Crippen LogP contribution in [0.15, 0.2) is 46.1 Å². The van der Waals surface area contributed by atoms with Crippen molar-refractivity contribution in [1.82, 2.24) is 25.2 Å². The van der Waals surface area contributed by atoms with Crippen molar-refractivity contribution < 1.29 is 9.26 Å². The van der Waals surface area contributed by atoms with Crippen molar-refractivity contribution in [3.63, 3.8) is 0 Å². The van der Waals surface area contributed by atoms with E-state index in [1.807, 2.05) is 25.2 Å². The summed E-state index contributed by atoms with van der Waals surface area (Å²) in [6.45, 7) is 9.16. The molecule has 0 spiro atoms. The zero-order chi connectivity index (χ0) is 22.2. The number of aliphatic imine (C=N–C) groups is 1. The zero-order valence-corrected chi connectivity index (χ0v) is 22.1. The molecule has 2 saturated heterocycles.